The number of hydrogen-bond donors (Lipinski definition) is 2. The summed E-state index contributed by atoms with van der Waals surface area (Å²) in [6.07, 6.45) is 1.50. The number of fused-ring (bicyclic) bond motifs is 1. The van der Waals surface area contributed by atoms with Crippen LogP contribution in [0.15, 0.2) is 36.5 Å². The van der Waals surface area contributed by atoms with Crippen molar-refractivity contribution in [3.8, 4) is 11.5 Å². The number of aromatic nitrogens is 1. The van der Waals surface area contributed by atoms with E-state index in [-0.39, 0.29) is 12.8 Å². The van der Waals surface area contributed by atoms with Crippen LogP contribution in [0.1, 0.15) is 18.5 Å². The van der Waals surface area contributed by atoms with E-state index in [4.69, 9.17) is 9.47 Å². The molecule has 0 bridgehead atoms. The second kappa shape index (κ2) is 7.30. The van der Waals surface area contributed by atoms with Gasteiger partial charge >= 0.3 is 11.8 Å². The van der Waals surface area contributed by atoms with Crippen molar-refractivity contribution in [3.63, 3.8) is 0 Å². The van der Waals surface area contributed by atoms with E-state index in [1.54, 1.807) is 31.2 Å². The van der Waals surface area contributed by atoms with Crippen LogP contribution in [-0.2, 0) is 9.59 Å². The molecule has 0 fully saturated rings. The number of pyridine rings is 1. The largest absolute Gasteiger partial charge is 0.454 e. The Hall–Kier alpha value is -3.29. The van der Waals surface area contributed by atoms with E-state index in [0.29, 0.717) is 17.2 Å². The van der Waals surface area contributed by atoms with Gasteiger partial charge in [-0.05, 0) is 36.8 Å². The maximum Gasteiger partial charge on any atom is 0.313 e. The van der Waals surface area contributed by atoms with Gasteiger partial charge in [0, 0.05) is 14.1 Å². The number of carbonyl (C=O) groups is 2. The first-order chi connectivity index (χ1) is 12.4. The van der Waals surface area contributed by atoms with Crippen molar-refractivity contribution in [2.24, 2.45) is 0 Å². The number of hydrogen-bond acceptors (Lipinski definition) is 6. The molecule has 1 atom stereocenters. The number of anilines is 2. The lowest BCUT2D eigenvalue weighted by atomic mass is 10.1. The maximum absolute atomic E-state index is 12.1. The van der Waals surface area contributed by atoms with Crippen molar-refractivity contribution in [2.45, 2.75) is 13.0 Å². The smallest absolute Gasteiger partial charge is 0.313 e. The van der Waals surface area contributed by atoms with Crippen LogP contribution < -0.4 is 25.0 Å². The summed E-state index contributed by atoms with van der Waals surface area (Å²) in [6, 6.07) is 8.46. The highest BCUT2D eigenvalue weighted by Gasteiger charge is 2.20. The van der Waals surface area contributed by atoms with Gasteiger partial charge in [-0.15, -0.1) is 0 Å². The van der Waals surface area contributed by atoms with Gasteiger partial charge in [-0.1, -0.05) is 6.07 Å². The standard InChI is InChI=1S/C18H20N4O4/c1-11(12-4-6-14-15(8-12)26-10-25-14)20-17(23)18(24)21-13-5-7-16(19-9-13)22(2)3/h4-9,11H,10H2,1-3H3,(H,20,23)(H,21,24). The molecule has 1 aliphatic heterocycles. The third-order valence-corrected chi connectivity index (χ3v) is 3.91. The van der Waals surface area contributed by atoms with Gasteiger partial charge in [0.25, 0.3) is 0 Å². The first kappa shape index (κ1) is 17.5. The minimum Gasteiger partial charge on any atom is -0.454 e. The fourth-order valence-electron chi connectivity index (χ4n) is 2.44. The Bertz CT molecular complexity index is 820. The molecule has 2 aromatic rings. The van der Waals surface area contributed by atoms with E-state index in [1.807, 2.05) is 25.1 Å². The van der Waals surface area contributed by atoms with Crippen LogP contribution in [-0.4, -0.2) is 37.7 Å². The zero-order valence-corrected chi connectivity index (χ0v) is 14.8. The molecule has 0 radical (unpaired) electrons. The van der Waals surface area contributed by atoms with Gasteiger partial charge in [0.2, 0.25) is 6.79 Å². The molecule has 8 nitrogen and oxygen atoms in total. The van der Waals surface area contributed by atoms with Crippen LogP contribution in [0.3, 0.4) is 0 Å². The molecule has 1 aliphatic rings. The number of carbonyl (C=O) groups excluding carboxylic acids is 2. The average molecular weight is 356 g/mol. The second-order valence-corrected chi connectivity index (χ2v) is 6.06. The number of rotatable bonds is 4. The Morgan fingerprint density at radius 2 is 1.88 bits per heavy atom. The SMILES string of the molecule is CC(NC(=O)C(=O)Nc1ccc(N(C)C)nc1)c1ccc2c(c1)OCO2. The molecule has 26 heavy (non-hydrogen) atoms. The van der Waals surface area contributed by atoms with Gasteiger partial charge in [0.15, 0.2) is 11.5 Å². The first-order valence-corrected chi connectivity index (χ1v) is 8.09. The Labute approximate surface area is 151 Å². The molecule has 1 unspecified atom stereocenters. The second-order valence-electron chi connectivity index (χ2n) is 6.06. The Balaban J connectivity index is 1.59. The summed E-state index contributed by atoms with van der Waals surface area (Å²) in [5, 5.41) is 5.19. The number of ether oxygens (including phenoxy) is 2. The quantitative estimate of drug-likeness (QED) is 0.810. The van der Waals surface area contributed by atoms with Crippen LogP contribution in [0.2, 0.25) is 0 Å². The third-order valence-electron chi connectivity index (χ3n) is 3.91. The zero-order chi connectivity index (χ0) is 18.7. The van der Waals surface area contributed by atoms with Crippen molar-refractivity contribution in [1.29, 1.82) is 0 Å². The number of nitrogens with one attached hydrogen (secondary N) is 2. The molecular weight excluding hydrogens is 336 g/mol. The van der Waals surface area contributed by atoms with Crippen LogP contribution in [0.4, 0.5) is 11.5 Å². The van der Waals surface area contributed by atoms with Crippen LogP contribution in [0, 0.1) is 0 Å². The van der Waals surface area contributed by atoms with Crippen molar-refractivity contribution >= 4 is 23.3 Å². The predicted octanol–water partition coefficient (Wildman–Crippen LogP) is 1.69. The molecular formula is C18H20N4O4. The molecule has 0 spiro atoms. The lowest BCUT2D eigenvalue weighted by Crippen LogP contribution is -2.36. The molecule has 8 heteroatoms. The lowest BCUT2D eigenvalue weighted by Gasteiger charge is -2.15. The number of benzene rings is 1. The Kier molecular flexibility index (Phi) is 4.92. The molecule has 0 aliphatic carbocycles. The van der Waals surface area contributed by atoms with Gasteiger partial charge < -0.3 is 25.0 Å². The van der Waals surface area contributed by atoms with Crippen LogP contribution >= 0.6 is 0 Å². The summed E-state index contributed by atoms with van der Waals surface area (Å²) < 4.78 is 10.6. The van der Waals surface area contributed by atoms with Crippen molar-refractivity contribution in [2.75, 3.05) is 31.1 Å². The molecule has 1 aromatic carbocycles. The van der Waals surface area contributed by atoms with Gasteiger partial charge in [0.1, 0.15) is 5.82 Å². The van der Waals surface area contributed by atoms with E-state index in [1.165, 1.54) is 6.20 Å². The molecule has 1 aromatic heterocycles. The van der Waals surface area contributed by atoms with Crippen molar-refractivity contribution < 1.29 is 19.1 Å². The van der Waals surface area contributed by atoms with Crippen molar-refractivity contribution in [1.82, 2.24) is 10.3 Å². The Morgan fingerprint density at radius 1 is 1.12 bits per heavy atom. The molecule has 0 saturated heterocycles. The van der Waals surface area contributed by atoms with Crippen LogP contribution in [0.5, 0.6) is 11.5 Å². The minimum absolute atomic E-state index is 0.183. The molecule has 2 heterocycles. The van der Waals surface area contributed by atoms with Gasteiger partial charge in [-0.25, -0.2) is 4.98 Å². The Morgan fingerprint density at radius 3 is 2.58 bits per heavy atom. The van der Waals surface area contributed by atoms with E-state index < -0.39 is 11.8 Å². The normalized spacial score (nSPS) is 13.0. The minimum atomic E-state index is -0.753. The summed E-state index contributed by atoms with van der Waals surface area (Å²) >= 11 is 0. The summed E-state index contributed by atoms with van der Waals surface area (Å²) in [6.45, 7) is 1.97. The highest BCUT2D eigenvalue weighted by Crippen LogP contribution is 2.34. The summed E-state index contributed by atoms with van der Waals surface area (Å²) in [5.74, 6) is 0.562. The van der Waals surface area contributed by atoms with Gasteiger partial charge in [-0.3, -0.25) is 9.59 Å². The molecule has 2 N–H and O–H groups in total. The molecule has 136 valence electrons. The lowest BCUT2D eigenvalue weighted by molar-refractivity contribution is -0.136. The predicted molar refractivity (Wildman–Crippen MR) is 96.3 cm³/mol. The van der Waals surface area contributed by atoms with E-state index in [0.717, 1.165) is 11.4 Å². The number of amides is 2. The van der Waals surface area contributed by atoms with Crippen molar-refractivity contribution in [3.05, 3.63) is 42.1 Å². The fraction of sp³-hybridized carbons (Fsp3) is 0.278. The summed E-state index contributed by atoms with van der Waals surface area (Å²) in [7, 11) is 3.73. The third kappa shape index (κ3) is 3.85. The fourth-order valence-corrected chi connectivity index (χ4v) is 2.44. The summed E-state index contributed by atoms with van der Waals surface area (Å²) in [4.78, 5) is 30.2. The molecule has 2 amide bonds. The number of nitrogens with zero attached hydrogens (tertiary/aromatic N) is 2. The zero-order valence-electron chi connectivity index (χ0n) is 14.8. The summed E-state index contributed by atoms with van der Waals surface area (Å²) in [5.41, 5.74) is 1.26. The van der Waals surface area contributed by atoms with Gasteiger partial charge in [0.05, 0.1) is 17.9 Å². The topological polar surface area (TPSA) is 92.8 Å². The monoisotopic (exact) mass is 356 g/mol. The molecule has 0 saturated carbocycles. The maximum atomic E-state index is 12.1. The average Bonchev–Trinajstić information content (AvgIpc) is 3.09. The molecule has 3 rings (SSSR count). The van der Waals surface area contributed by atoms with Gasteiger partial charge in [-0.2, -0.15) is 0 Å². The van der Waals surface area contributed by atoms with E-state index >= 15 is 0 Å². The van der Waals surface area contributed by atoms with E-state index in [9.17, 15) is 9.59 Å². The van der Waals surface area contributed by atoms with E-state index in [2.05, 4.69) is 15.6 Å². The highest BCUT2D eigenvalue weighted by molar-refractivity contribution is 6.39. The highest BCUT2D eigenvalue weighted by atomic mass is 16.7. The van der Waals surface area contributed by atoms with Crippen LogP contribution in [0.25, 0.3) is 0 Å². The first-order valence-electron chi connectivity index (χ1n) is 8.09.